The summed E-state index contributed by atoms with van der Waals surface area (Å²) in [6, 6.07) is 7.67. The summed E-state index contributed by atoms with van der Waals surface area (Å²) < 4.78 is 0. The van der Waals surface area contributed by atoms with Gasteiger partial charge in [0.1, 0.15) is 6.29 Å². The Hall–Kier alpha value is -0.820. The van der Waals surface area contributed by atoms with Gasteiger partial charge in [-0.15, -0.1) is 0 Å². The summed E-state index contributed by atoms with van der Waals surface area (Å²) in [5.74, 6) is 0.443. The highest BCUT2D eigenvalue weighted by molar-refractivity contribution is 6.30. The van der Waals surface area contributed by atoms with E-state index in [0.717, 1.165) is 23.3 Å². The van der Waals surface area contributed by atoms with Gasteiger partial charge in [0.25, 0.3) is 0 Å². The lowest BCUT2D eigenvalue weighted by Crippen LogP contribution is -2.20. The van der Waals surface area contributed by atoms with Gasteiger partial charge in [0, 0.05) is 5.02 Å². The Morgan fingerprint density at radius 3 is 2.25 bits per heavy atom. The molecule has 1 fully saturated rings. The lowest BCUT2D eigenvalue weighted by atomic mass is 9.82. The molecule has 2 atom stereocenters. The van der Waals surface area contributed by atoms with E-state index in [-0.39, 0.29) is 10.8 Å². The quantitative estimate of drug-likeness (QED) is 0.713. The number of carbonyl (C=O) groups excluding carboxylic acids is 1. The molecule has 2 unspecified atom stereocenters. The molecule has 16 heavy (non-hydrogen) atoms. The maximum absolute atomic E-state index is 11.4. The van der Waals surface area contributed by atoms with Crippen LogP contribution in [-0.4, -0.2) is 6.29 Å². The van der Waals surface area contributed by atoms with E-state index in [0.29, 0.717) is 5.92 Å². The molecule has 1 aromatic rings. The normalized spacial score (nSPS) is 28.9. The van der Waals surface area contributed by atoms with Gasteiger partial charge in [-0.05, 0) is 35.4 Å². The van der Waals surface area contributed by atoms with E-state index in [9.17, 15) is 4.79 Å². The third-order valence-electron chi connectivity index (χ3n) is 3.64. The number of benzene rings is 1. The van der Waals surface area contributed by atoms with Crippen molar-refractivity contribution < 1.29 is 4.79 Å². The van der Waals surface area contributed by atoms with Crippen molar-refractivity contribution in [3.8, 4) is 0 Å². The molecule has 0 heterocycles. The molecule has 1 aliphatic rings. The Labute approximate surface area is 102 Å². The number of carbonyl (C=O) groups is 1. The monoisotopic (exact) mass is 236 g/mol. The summed E-state index contributed by atoms with van der Waals surface area (Å²) in [5.41, 5.74) is 1.02. The van der Waals surface area contributed by atoms with Gasteiger partial charge in [0.05, 0.1) is 5.41 Å². The summed E-state index contributed by atoms with van der Waals surface area (Å²) in [7, 11) is 0. The van der Waals surface area contributed by atoms with Gasteiger partial charge < -0.3 is 4.79 Å². The first kappa shape index (κ1) is 11.7. The molecule has 0 saturated heterocycles. The van der Waals surface area contributed by atoms with Crippen molar-refractivity contribution in [2.24, 2.45) is 11.3 Å². The van der Waals surface area contributed by atoms with Crippen molar-refractivity contribution in [1.82, 2.24) is 0 Å². The van der Waals surface area contributed by atoms with Crippen LogP contribution in [0.1, 0.15) is 32.8 Å². The first-order valence-corrected chi connectivity index (χ1v) is 6.00. The molecule has 2 heteroatoms. The van der Waals surface area contributed by atoms with Gasteiger partial charge in [0.15, 0.2) is 0 Å². The van der Waals surface area contributed by atoms with Crippen LogP contribution in [0.15, 0.2) is 24.3 Å². The maximum Gasteiger partial charge on any atom is 0.130 e. The van der Waals surface area contributed by atoms with Crippen LogP contribution in [0.2, 0.25) is 5.02 Å². The summed E-state index contributed by atoms with van der Waals surface area (Å²) in [4.78, 5) is 11.4. The molecular weight excluding hydrogens is 220 g/mol. The average Bonchev–Trinajstić information content (AvgIpc) is 2.94. The second-order valence-electron chi connectivity index (χ2n) is 5.79. The Bertz CT molecular complexity index is 402. The van der Waals surface area contributed by atoms with E-state index < -0.39 is 0 Å². The second kappa shape index (κ2) is 3.59. The first-order valence-electron chi connectivity index (χ1n) is 5.62. The molecule has 0 aliphatic heterocycles. The number of rotatable bonds is 2. The van der Waals surface area contributed by atoms with Gasteiger partial charge in [-0.25, -0.2) is 0 Å². The van der Waals surface area contributed by atoms with Crippen molar-refractivity contribution in [3.05, 3.63) is 34.9 Å². The minimum Gasteiger partial charge on any atom is -0.302 e. The summed E-state index contributed by atoms with van der Waals surface area (Å²) in [6.07, 6.45) is 2.08. The summed E-state index contributed by atoms with van der Waals surface area (Å²) >= 11 is 5.86. The minimum absolute atomic E-state index is 0.181. The third kappa shape index (κ3) is 1.78. The lowest BCUT2D eigenvalue weighted by Gasteiger charge is -2.22. The first-order chi connectivity index (χ1) is 7.40. The molecule has 0 amide bonds. The highest BCUT2D eigenvalue weighted by atomic mass is 35.5. The number of hydrogen-bond donors (Lipinski definition) is 0. The van der Waals surface area contributed by atoms with Crippen molar-refractivity contribution in [1.29, 1.82) is 0 Å². The van der Waals surface area contributed by atoms with Gasteiger partial charge in [-0.2, -0.15) is 0 Å². The second-order valence-corrected chi connectivity index (χ2v) is 6.22. The molecule has 86 valence electrons. The van der Waals surface area contributed by atoms with E-state index in [2.05, 4.69) is 20.8 Å². The molecule has 1 aromatic carbocycles. The van der Waals surface area contributed by atoms with Crippen LogP contribution in [0, 0.1) is 11.3 Å². The van der Waals surface area contributed by atoms with Crippen LogP contribution in [0.5, 0.6) is 0 Å². The standard InChI is InChI=1S/C14H17ClO/c1-13(2,3)12-8-14(12,9-16)10-4-6-11(15)7-5-10/h4-7,9,12H,8H2,1-3H3. The van der Waals surface area contributed by atoms with E-state index in [1.807, 2.05) is 24.3 Å². The van der Waals surface area contributed by atoms with Crippen molar-refractivity contribution in [2.75, 3.05) is 0 Å². The van der Waals surface area contributed by atoms with Gasteiger partial charge in [-0.1, -0.05) is 44.5 Å². The molecule has 0 radical (unpaired) electrons. The molecular formula is C14H17ClO. The fourth-order valence-electron chi connectivity index (χ4n) is 2.64. The van der Waals surface area contributed by atoms with E-state index in [1.165, 1.54) is 0 Å². The molecule has 0 aromatic heterocycles. The molecule has 2 rings (SSSR count). The predicted molar refractivity (Wildman–Crippen MR) is 66.8 cm³/mol. The molecule has 1 aliphatic carbocycles. The van der Waals surface area contributed by atoms with Crippen molar-refractivity contribution in [3.63, 3.8) is 0 Å². The average molecular weight is 237 g/mol. The van der Waals surface area contributed by atoms with Crippen LogP contribution in [-0.2, 0) is 10.2 Å². The SMILES string of the molecule is CC(C)(C)C1CC1(C=O)c1ccc(Cl)cc1. The maximum atomic E-state index is 11.4. The van der Waals surface area contributed by atoms with Gasteiger partial charge in [-0.3, -0.25) is 0 Å². The van der Waals surface area contributed by atoms with Gasteiger partial charge in [0.2, 0.25) is 0 Å². The Morgan fingerprint density at radius 2 is 1.88 bits per heavy atom. The predicted octanol–water partition coefficient (Wildman–Crippen LogP) is 3.84. The smallest absolute Gasteiger partial charge is 0.130 e. The number of aldehydes is 1. The molecule has 1 saturated carbocycles. The molecule has 0 bridgehead atoms. The number of halogens is 1. The lowest BCUT2D eigenvalue weighted by molar-refractivity contribution is -0.110. The fraction of sp³-hybridized carbons (Fsp3) is 0.500. The van der Waals surface area contributed by atoms with Crippen molar-refractivity contribution in [2.45, 2.75) is 32.6 Å². The molecule has 0 N–H and O–H groups in total. The molecule has 0 spiro atoms. The van der Waals surface area contributed by atoms with Crippen LogP contribution < -0.4 is 0 Å². The van der Waals surface area contributed by atoms with Crippen LogP contribution >= 0.6 is 11.6 Å². The Kier molecular flexibility index (Phi) is 2.62. The topological polar surface area (TPSA) is 17.1 Å². The van der Waals surface area contributed by atoms with Gasteiger partial charge >= 0.3 is 0 Å². The van der Waals surface area contributed by atoms with E-state index in [4.69, 9.17) is 11.6 Å². The summed E-state index contributed by atoms with van der Waals surface area (Å²) in [6.45, 7) is 6.58. The minimum atomic E-state index is -0.261. The van der Waals surface area contributed by atoms with E-state index >= 15 is 0 Å². The van der Waals surface area contributed by atoms with Crippen LogP contribution in [0.25, 0.3) is 0 Å². The summed E-state index contributed by atoms with van der Waals surface area (Å²) in [5, 5.41) is 0.720. The molecule has 1 nitrogen and oxygen atoms in total. The highest BCUT2D eigenvalue weighted by Crippen LogP contribution is 2.60. The zero-order valence-electron chi connectivity index (χ0n) is 9.96. The third-order valence-corrected chi connectivity index (χ3v) is 3.89. The van der Waals surface area contributed by atoms with Crippen molar-refractivity contribution >= 4 is 17.9 Å². The largest absolute Gasteiger partial charge is 0.302 e. The number of hydrogen-bond acceptors (Lipinski definition) is 1. The fourth-order valence-corrected chi connectivity index (χ4v) is 2.76. The Morgan fingerprint density at radius 1 is 1.31 bits per heavy atom. The van der Waals surface area contributed by atoms with Crippen LogP contribution in [0.4, 0.5) is 0 Å². The zero-order chi connectivity index (χ0) is 12.0. The Balaban J connectivity index is 2.33. The van der Waals surface area contributed by atoms with E-state index in [1.54, 1.807) is 0 Å². The van der Waals surface area contributed by atoms with Crippen LogP contribution in [0.3, 0.4) is 0 Å². The zero-order valence-corrected chi connectivity index (χ0v) is 10.7. The highest BCUT2D eigenvalue weighted by Gasteiger charge is 2.59.